The Morgan fingerprint density at radius 3 is 2.91 bits per heavy atom. The molecule has 4 heterocycles. The molecule has 0 aromatic carbocycles. The number of fused-ring (bicyclic) bond motifs is 1. The minimum atomic E-state index is 0.0512. The zero-order valence-electron chi connectivity index (χ0n) is 13.7. The van der Waals surface area contributed by atoms with Crippen LogP contribution in [-0.4, -0.2) is 46.3 Å². The Hall–Kier alpha value is -1.79. The minimum Gasteiger partial charge on any atom is -0.373 e. The number of piperidine rings is 1. The van der Waals surface area contributed by atoms with Crippen LogP contribution in [-0.2, 0) is 4.74 Å². The minimum absolute atomic E-state index is 0.0512. The number of hydrogen-bond acceptors (Lipinski definition) is 6. The molecule has 2 fully saturated rings. The molecule has 2 aromatic rings. The smallest absolute Gasteiger partial charge is 0.165 e. The first-order valence-electron chi connectivity index (χ1n) is 8.35. The van der Waals surface area contributed by atoms with Crippen molar-refractivity contribution in [3.63, 3.8) is 0 Å². The molecule has 122 valence electrons. The van der Waals surface area contributed by atoms with Crippen LogP contribution in [0.5, 0.6) is 0 Å². The van der Waals surface area contributed by atoms with Crippen molar-refractivity contribution in [3.8, 4) is 0 Å². The molecule has 2 aliphatic rings. The average Bonchev–Trinajstić information content (AvgIpc) is 2.90. The van der Waals surface area contributed by atoms with Gasteiger partial charge in [-0.05, 0) is 57.8 Å². The van der Waals surface area contributed by atoms with Gasteiger partial charge in [-0.25, -0.2) is 15.0 Å². The van der Waals surface area contributed by atoms with Crippen LogP contribution in [0.2, 0.25) is 0 Å². The van der Waals surface area contributed by atoms with Crippen LogP contribution in [0, 0.1) is 13.8 Å². The highest BCUT2D eigenvalue weighted by Crippen LogP contribution is 2.35. The van der Waals surface area contributed by atoms with E-state index in [1.807, 2.05) is 6.92 Å². The summed E-state index contributed by atoms with van der Waals surface area (Å²) in [6.07, 6.45) is 4.82. The zero-order valence-corrected chi connectivity index (χ0v) is 13.7. The molecule has 23 heavy (non-hydrogen) atoms. The predicted molar refractivity (Wildman–Crippen MR) is 89.6 cm³/mol. The van der Waals surface area contributed by atoms with Crippen molar-refractivity contribution < 1.29 is 4.74 Å². The quantitative estimate of drug-likeness (QED) is 0.883. The van der Waals surface area contributed by atoms with Crippen LogP contribution in [0.15, 0.2) is 12.4 Å². The van der Waals surface area contributed by atoms with E-state index in [-0.39, 0.29) is 5.60 Å². The highest BCUT2D eigenvalue weighted by molar-refractivity contribution is 5.89. The van der Waals surface area contributed by atoms with Gasteiger partial charge in [0.25, 0.3) is 0 Å². The standard InChI is InChI=1S/C17H23N5O/c1-11-7-12(2)21-15-14(11)16(20-10-19-15)22-13-8-17(23-9-13)3-5-18-6-4-17/h7,10,13,18H,3-6,8-9H2,1-2H3,(H,19,20,21,22). The van der Waals surface area contributed by atoms with Crippen molar-refractivity contribution in [2.24, 2.45) is 0 Å². The molecule has 2 N–H and O–H groups in total. The molecule has 4 rings (SSSR count). The van der Waals surface area contributed by atoms with E-state index >= 15 is 0 Å². The molecule has 2 saturated heterocycles. The fraction of sp³-hybridized carbons (Fsp3) is 0.588. The lowest BCUT2D eigenvalue weighted by Crippen LogP contribution is -2.41. The summed E-state index contributed by atoms with van der Waals surface area (Å²) in [6, 6.07) is 2.38. The highest BCUT2D eigenvalue weighted by atomic mass is 16.5. The fourth-order valence-corrected chi connectivity index (χ4v) is 3.88. The van der Waals surface area contributed by atoms with Gasteiger partial charge in [-0.2, -0.15) is 0 Å². The van der Waals surface area contributed by atoms with Gasteiger partial charge in [0.1, 0.15) is 12.1 Å². The zero-order chi connectivity index (χ0) is 15.9. The van der Waals surface area contributed by atoms with Gasteiger partial charge in [0.05, 0.1) is 23.6 Å². The second-order valence-corrected chi connectivity index (χ2v) is 6.79. The van der Waals surface area contributed by atoms with Crippen LogP contribution in [0.4, 0.5) is 5.82 Å². The van der Waals surface area contributed by atoms with E-state index in [0.29, 0.717) is 6.04 Å². The molecular formula is C17H23N5O. The largest absolute Gasteiger partial charge is 0.373 e. The molecule has 6 nitrogen and oxygen atoms in total. The van der Waals surface area contributed by atoms with Gasteiger partial charge >= 0.3 is 0 Å². The van der Waals surface area contributed by atoms with E-state index in [1.165, 1.54) is 0 Å². The Morgan fingerprint density at radius 1 is 1.26 bits per heavy atom. The summed E-state index contributed by atoms with van der Waals surface area (Å²) >= 11 is 0. The summed E-state index contributed by atoms with van der Waals surface area (Å²) in [6.45, 7) is 6.92. The monoisotopic (exact) mass is 313 g/mol. The molecule has 2 aliphatic heterocycles. The third-order valence-electron chi connectivity index (χ3n) is 4.99. The third kappa shape index (κ3) is 2.77. The highest BCUT2D eigenvalue weighted by Gasteiger charge is 2.41. The summed E-state index contributed by atoms with van der Waals surface area (Å²) < 4.78 is 6.17. The second kappa shape index (κ2) is 5.69. The van der Waals surface area contributed by atoms with E-state index in [4.69, 9.17) is 4.74 Å². The summed E-state index contributed by atoms with van der Waals surface area (Å²) in [5.74, 6) is 0.875. The number of ether oxygens (including phenoxy) is 1. The predicted octanol–water partition coefficient (Wildman–Crippen LogP) is 1.96. The Balaban J connectivity index is 1.59. The third-order valence-corrected chi connectivity index (χ3v) is 4.99. The van der Waals surface area contributed by atoms with Crippen LogP contribution in [0.3, 0.4) is 0 Å². The number of pyridine rings is 1. The normalized spacial score (nSPS) is 23.5. The average molecular weight is 313 g/mol. The molecule has 1 atom stereocenters. The number of anilines is 1. The maximum atomic E-state index is 6.17. The molecule has 0 aliphatic carbocycles. The lowest BCUT2D eigenvalue weighted by molar-refractivity contribution is -0.0192. The number of nitrogens with zero attached hydrogens (tertiary/aromatic N) is 3. The van der Waals surface area contributed by atoms with Gasteiger partial charge in [-0.3, -0.25) is 0 Å². The Kier molecular flexibility index (Phi) is 3.66. The second-order valence-electron chi connectivity index (χ2n) is 6.79. The Labute approximate surface area is 136 Å². The Bertz CT molecular complexity index is 726. The van der Waals surface area contributed by atoms with Crippen molar-refractivity contribution in [2.75, 3.05) is 25.0 Å². The van der Waals surface area contributed by atoms with E-state index in [1.54, 1.807) is 6.33 Å². The first-order chi connectivity index (χ1) is 11.2. The van der Waals surface area contributed by atoms with Crippen LogP contribution >= 0.6 is 0 Å². The molecule has 0 bridgehead atoms. The molecule has 0 radical (unpaired) electrons. The first kappa shape index (κ1) is 14.8. The molecule has 2 aromatic heterocycles. The van der Waals surface area contributed by atoms with Gasteiger partial charge in [0.2, 0.25) is 0 Å². The topological polar surface area (TPSA) is 72.0 Å². The SMILES string of the molecule is Cc1cc(C)c2c(NC3COC4(CCNCC4)C3)ncnc2n1. The molecule has 0 amide bonds. The van der Waals surface area contributed by atoms with Crippen molar-refractivity contribution >= 4 is 16.9 Å². The fourth-order valence-electron chi connectivity index (χ4n) is 3.88. The van der Waals surface area contributed by atoms with E-state index in [2.05, 4.69) is 38.6 Å². The summed E-state index contributed by atoms with van der Waals surface area (Å²) in [5, 5.41) is 8.01. The molecule has 6 heteroatoms. The van der Waals surface area contributed by atoms with Crippen LogP contribution in [0.1, 0.15) is 30.5 Å². The van der Waals surface area contributed by atoms with E-state index < -0.39 is 0 Å². The van der Waals surface area contributed by atoms with Crippen LogP contribution < -0.4 is 10.6 Å². The van der Waals surface area contributed by atoms with Crippen molar-refractivity contribution in [3.05, 3.63) is 23.7 Å². The van der Waals surface area contributed by atoms with E-state index in [9.17, 15) is 0 Å². The number of hydrogen-bond donors (Lipinski definition) is 2. The lowest BCUT2D eigenvalue weighted by atomic mass is 9.88. The Morgan fingerprint density at radius 2 is 2.09 bits per heavy atom. The number of nitrogens with one attached hydrogen (secondary N) is 2. The number of aromatic nitrogens is 3. The lowest BCUT2D eigenvalue weighted by Gasteiger charge is -2.32. The maximum absolute atomic E-state index is 6.17. The molecule has 0 saturated carbocycles. The number of aryl methyl sites for hydroxylation is 2. The van der Waals surface area contributed by atoms with Gasteiger partial charge in [-0.15, -0.1) is 0 Å². The van der Waals surface area contributed by atoms with Gasteiger partial charge in [0, 0.05) is 5.69 Å². The maximum Gasteiger partial charge on any atom is 0.165 e. The summed E-state index contributed by atoms with van der Waals surface area (Å²) in [4.78, 5) is 13.3. The van der Waals surface area contributed by atoms with Crippen molar-refractivity contribution in [1.82, 2.24) is 20.3 Å². The number of rotatable bonds is 2. The molecule has 1 spiro atoms. The van der Waals surface area contributed by atoms with Crippen molar-refractivity contribution in [1.29, 1.82) is 0 Å². The van der Waals surface area contributed by atoms with Gasteiger partial charge < -0.3 is 15.4 Å². The summed E-state index contributed by atoms with van der Waals surface area (Å²) in [7, 11) is 0. The van der Waals surface area contributed by atoms with Gasteiger partial charge in [-0.1, -0.05) is 0 Å². The van der Waals surface area contributed by atoms with E-state index in [0.717, 1.165) is 67.1 Å². The molecule has 1 unspecified atom stereocenters. The summed E-state index contributed by atoms with van der Waals surface area (Å²) in [5.41, 5.74) is 2.95. The van der Waals surface area contributed by atoms with Crippen molar-refractivity contribution in [2.45, 2.75) is 44.8 Å². The molecular weight excluding hydrogens is 290 g/mol. The first-order valence-corrected chi connectivity index (χ1v) is 8.35. The van der Waals surface area contributed by atoms with Crippen LogP contribution in [0.25, 0.3) is 11.0 Å². The van der Waals surface area contributed by atoms with Gasteiger partial charge in [0.15, 0.2) is 5.65 Å².